The molecule has 0 unspecified atom stereocenters. The normalized spacial score (nSPS) is 12.5. The van der Waals surface area contributed by atoms with Gasteiger partial charge in [-0.25, -0.2) is 0 Å². The number of nitrogens with one attached hydrogen (secondary N) is 1. The predicted octanol–water partition coefficient (Wildman–Crippen LogP) is 11.4. The fourth-order valence-electron chi connectivity index (χ4n) is 6.73. The lowest BCUT2D eigenvalue weighted by Crippen LogP contribution is -2.05. The van der Waals surface area contributed by atoms with Crippen molar-refractivity contribution in [2.45, 2.75) is 40.4 Å². The molecule has 7 rings (SSSR count). The Hall–Kier alpha value is -8.08. The highest BCUT2D eigenvalue weighted by molar-refractivity contribution is 7.87. The van der Waals surface area contributed by atoms with Crippen molar-refractivity contribution in [3.8, 4) is 5.75 Å². The number of nitrogens with two attached hydrogens (primary N) is 2. The van der Waals surface area contributed by atoms with E-state index < -0.39 is 71.5 Å². The minimum atomic E-state index is -5.06. The van der Waals surface area contributed by atoms with Gasteiger partial charge < -0.3 is 21.9 Å². The third kappa shape index (κ3) is 13.5. The molecule has 0 atom stereocenters. The summed E-state index contributed by atoms with van der Waals surface area (Å²) in [6, 6.07) is 23.6. The number of phenolic OH excluding ortho intramolecular Hbond substituents is 1. The number of phenols is 1. The standard InChI is InChI=1S/C24H24N4O4S.C23H19N5O9S3/c1-5-6-7-16(4)26-18-8-9-19-17(12-18)13-22(33(30,31)32)23(24(19)29)28-27-21-11-14(2)20(25)10-15(21)3;1-13-8-15(24)2-7-20(13)27-25-16-3-5-17(6-4-16)26-28-21-12-19-14(10-23(21)40(35,36)37)9-18(38(29,30)31)11-22(19)39(32,33)34/h5-13,26,29H,1,4,25H2,2-3H3,(H,30,31,32);2-12H,24H2,1H3,(H,29,30,31)(H,32,33,34)(H,35,36,37)/b7-6-,28-27?;. The summed E-state index contributed by atoms with van der Waals surface area (Å²) in [6.07, 6.45) is 5.02. The zero-order valence-electron chi connectivity index (χ0n) is 38.4. The van der Waals surface area contributed by atoms with Gasteiger partial charge in [-0.2, -0.15) is 54.1 Å². The van der Waals surface area contributed by atoms with Crippen LogP contribution in [0.15, 0.2) is 190 Å². The molecule has 0 aliphatic heterocycles. The van der Waals surface area contributed by atoms with Crippen LogP contribution in [0.25, 0.3) is 21.5 Å². The Kier molecular flexibility index (Phi) is 15.9. The molecule has 0 amide bonds. The van der Waals surface area contributed by atoms with Crippen LogP contribution in [0.1, 0.15) is 16.7 Å². The van der Waals surface area contributed by atoms with Crippen LogP contribution in [0, 0.1) is 20.8 Å². The van der Waals surface area contributed by atoms with E-state index in [1.54, 1.807) is 92.7 Å². The maximum absolute atomic E-state index is 12.1. The molecular formula is C47H43N9O13S4. The van der Waals surface area contributed by atoms with Crippen molar-refractivity contribution < 1.29 is 57.0 Å². The Balaban J connectivity index is 0.000000243. The fourth-order valence-corrected chi connectivity index (χ4v) is 9.38. The van der Waals surface area contributed by atoms with E-state index in [0.29, 0.717) is 56.7 Å². The molecule has 378 valence electrons. The molecule has 0 radical (unpaired) electrons. The molecule has 0 bridgehead atoms. The molecule has 0 saturated heterocycles. The van der Waals surface area contributed by atoms with Crippen molar-refractivity contribution in [2.24, 2.45) is 30.7 Å². The van der Waals surface area contributed by atoms with Crippen molar-refractivity contribution in [3.05, 3.63) is 157 Å². The minimum Gasteiger partial charge on any atom is -0.505 e. The highest BCUT2D eigenvalue weighted by Crippen LogP contribution is 2.43. The van der Waals surface area contributed by atoms with Crippen molar-refractivity contribution >= 4 is 113 Å². The number of benzene rings is 7. The number of hydrogen-bond acceptors (Lipinski definition) is 18. The lowest BCUT2D eigenvalue weighted by molar-refractivity contribution is 0.472. The van der Waals surface area contributed by atoms with Crippen LogP contribution < -0.4 is 16.8 Å². The average Bonchev–Trinajstić information content (AvgIpc) is 3.29. The Morgan fingerprint density at radius 1 is 0.548 bits per heavy atom. The predicted molar refractivity (Wildman–Crippen MR) is 276 cm³/mol. The number of rotatable bonds is 14. The molecule has 7 aromatic rings. The lowest BCUT2D eigenvalue weighted by atomic mass is 10.1. The lowest BCUT2D eigenvalue weighted by Gasteiger charge is -2.12. The molecule has 0 spiro atoms. The van der Waals surface area contributed by atoms with Gasteiger partial charge in [0.1, 0.15) is 26.1 Å². The number of azo groups is 3. The van der Waals surface area contributed by atoms with Gasteiger partial charge in [0.25, 0.3) is 40.5 Å². The highest BCUT2D eigenvalue weighted by atomic mass is 32.2. The summed E-state index contributed by atoms with van der Waals surface area (Å²) in [4.78, 5) is -3.31. The van der Waals surface area contributed by atoms with Gasteiger partial charge in [0.05, 0.1) is 27.6 Å². The molecular weight excluding hydrogens is 1030 g/mol. The smallest absolute Gasteiger partial charge is 0.296 e. The topological polar surface area (TPSA) is 376 Å². The van der Waals surface area contributed by atoms with E-state index in [1.807, 2.05) is 6.92 Å². The average molecular weight is 1070 g/mol. The first-order valence-corrected chi connectivity index (χ1v) is 26.4. The van der Waals surface area contributed by atoms with E-state index in [0.717, 1.165) is 34.9 Å². The fraction of sp³-hybridized carbons (Fsp3) is 0.0638. The molecule has 26 heteroatoms. The van der Waals surface area contributed by atoms with Crippen molar-refractivity contribution in [1.29, 1.82) is 0 Å². The number of hydrogen-bond donors (Lipinski definition) is 8. The number of anilines is 3. The second kappa shape index (κ2) is 21.3. The van der Waals surface area contributed by atoms with Gasteiger partial charge in [-0.05, 0) is 157 Å². The number of nitrogens with zero attached hydrogens (tertiary/aromatic N) is 6. The van der Waals surface area contributed by atoms with E-state index in [4.69, 9.17) is 11.5 Å². The second-order valence-electron chi connectivity index (χ2n) is 15.8. The number of aromatic hydroxyl groups is 1. The van der Waals surface area contributed by atoms with Crippen LogP contribution in [-0.2, 0) is 40.5 Å². The van der Waals surface area contributed by atoms with Crippen LogP contribution in [-0.4, -0.2) is 57.0 Å². The van der Waals surface area contributed by atoms with Crippen LogP contribution >= 0.6 is 0 Å². The molecule has 0 fully saturated rings. The summed E-state index contributed by atoms with van der Waals surface area (Å²) in [7, 11) is -19.7. The maximum Gasteiger partial charge on any atom is 0.296 e. The highest BCUT2D eigenvalue weighted by Gasteiger charge is 2.25. The summed E-state index contributed by atoms with van der Waals surface area (Å²) < 4.78 is 134. The van der Waals surface area contributed by atoms with E-state index in [9.17, 15) is 57.0 Å². The minimum absolute atomic E-state index is 0.209. The van der Waals surface area contributed by atoms with Gasteiger partial charge in [0.15, 0.2) is 5.75 Å². The van der Waals surface area contributed by atoms with Crippen LogP contribution in [0.5, 0.6) is 5.75 Å². The molecule has 0 aliphatic rings. The quantitative estimate of drug-likeness (QED) is 0.0217. The summed E-state index contributed by atoms with van der Waals surface area (Å²) in [5.74, 6) is -0.425. The van der Waals surface area contributed by atoms with Gasteiger partial charge in [-0.3, -0.25) is 18.2 Å². The Morgan fingerprint density at radius 2 is 1.11 bits per heavy atom. The number of fused-ring (bicyclic) bond motifs is 2. The zero-order valence-corrected chi connectivity index (χ0v) is 41.7. The van der Waals surface area contributed by atoms with Gasteiger partial charge in [-0.1, -0.05) is 25.3 Å². The molecule has 73 heavy (non-hydrogen) atoms. The zero-order chi connectivity index (χ0) is 53.8. The molecule has 7 aromatic carbocycles. The van der Waals surface area contributed by atoms with Crippen LogP contribution in [0.4, 0.5) is 51.2 Å². The molecule has 0 saturated carbocycles. The Bertz CT molecular complexity index is 4000. The first-order chi connectivity index (χ1) is 34.0. The molecule has 0 aliphatic carbocycles. The molecule has 0 aromatic heterocycles. The van der Waals surface area contributed by atoms with E-state index in [1.165, 1.54) is 18.2 Å². The Morgan fingerprint density at radius 3 is 1.68 bits per heavy atom. The largest absolute Gasteiger partial charge is 0.505 e. The summed E-state index contributed by atoms with van der Waals surface area (Å²) >= 11 is 0. The van der Waals surface area contributed by atoms with Gasteiger partial charge >= 0.3 is 0 Å². The van der Waals surface area contributed by atoms with Crippen LogP contribution in [0.3, 0.4) is 0 Å². The molecule has 0 heterocycles. The third-order valence-corrected chi connectivity index (χ3v) is 13.8. The first-order valence-electron chi connectivity index (χ1n) is 20.7. The summed E-state index contributed by atoms with van der Waals surface area (Å²) in [5.41, 5.74) is 17.1. The van der Waals surface area contributed by atoms with Crippen molar-refractivity contribution in [2.75, 3.05) is 16.8 Å². The second-order valence-corrected chi connectivity index (χ2v) is 21.4. The maximum atomic E-state index is 12.1. The number of nitrogen functional groups attached to an aromatic ring is 2. The van der Waals surface area contributed by atoms with Crippen molar-refractivity contribution in [1.82, 2.24) is 0 Å². The molecule has 22 nitrogen and oxygen atoms in total. The Labute approximate surface area is 418 Å². The van der Waals surface area contributed by atoms with Gasteiger partial charge in [0.2, 0.25) is 0 Å². The monoisotopic (exact) mass is 1070 g/mol. The van der Waals surface area contributed by atoms with Gasteiger partial charge in [-0.15, -0.1) is 10.2 Å². The molecule has 10 N–H and O–H groups in total. The number of aryl methyl sites for hydroxylation is 3. The first kappa shape index (κ1) is 54.3. The summed E-state index contributed by atoms with van der Waals surface area (Å²) in [5, 5.41) is 37.9. The number of allylic oxidation sites excluding steroid dienone is 3. The SMILES string of the molecule is C=C/C=C\C(=C)Nc1ccc2c(O)c(N=Nc3cc(C)c(N)cc3C)c(S(=O)(=O)O)cc2c1.Cc1cc(N)ccc1N=Nc1ccc(N=Nc2cc3c(S(=O)(=O)O)cc(S(=O)(=O)O)cc3cc2S(=O)(=O)O)cc1. The van der Waals surface area contributed by atoms with E-state index in [-0.39, 0.29) is 22.1 Å². The van der Waals surface area contributed by atoms with Gasteiger partial charge in [0, 0.05) is 33.5 Å². The van der Waals surface area contributed by atoms with E-state index >= 15 is 0 Å². The van der Waals surface area contributed by atoms with E-state index in [2.05, 4.69) is 49.2 Å². The van der Waals surface area contributed by atoms with Crippen LogP contribution in [0.2, 0.25) is 0 Å². The third-order valence-electron chi connectivity index (χ3n) is 10.3. The summed E-state index contributed by atoms with van der Waals surface area (Å²) in [6.45, 7) is 12.9. The van der Waals surface area contributed by atoms with Crippen molar-refractivity contribution in [3.63, 3.8) is 0 Å².